The van der Waals surface area contributed by atoms with Crippen molar-refractivity contribution in [3.05, 3.63) is 0 Å². The van der Waals surface area contributed by atoms with E-state index in [-0.39, 0.29) is 44.3 Å². The van der Waals surface area contributed by atoms with E-state index in [2.05, 4.69) is 0 Å². The molecule has 0 rings (SSSR count). The summed E-state index contributed by atoms with van der Waals surface area (Å²) in [6.45, 7) is 0. The second-order valence-corrected chi connectivity index (χ2v) is 3.79. The van der Waals surface area contributed by atoms with E-state index < -0.39 is 11.9 Å². The SMILES string of the molecule is O=C(CCCC(O)(O)O)CCCC(O)(O)O. The minimum absolute atomic E-state index is 0.0543. The van der Waals surface area contributed by atoms with Gasteiger partial charge in [0.05, 0.1) is 0 Å². The molecule has 0 unspecified atom stereocenters. The van der Waals surface area contributed by atoms with Gasteiger partial charge in [0.25, 0.3) is 11.9 Å². The maximum atomic E-state index is 11.1. The lowest BCUT2D eigenvalue weighted by Crippen LogP contribution is -2.27. The topological polar surface area (TPSA) is 138 Å². The summed E-state index contributed by atoms with van der Waals surface area (Å²) in [6.07, 6.45) is -0.321. The molecule has 0 saturated carbocycles. The second kappa shape index (κ2) is 6.24. The Hall–Kier alpha value is -0.570. The first-order valence-electron chi connectivity index (χ1n) is 4.96. The largest absolute Gasteiger partial charge is 0.344 e. The second-order valence-electron chi connectivity index (χ2n) is 3.79. The van der Waals surface area contributed by atoms with Crippen LogP contribution in [0.1, 0.15) is 38.5 Å². The summed E-state index contributed by atoms with van der Waals surface area (Å²) in [6, 6.07) is 0. The molecule has 0 spiro atoms. The molecule has 0 aliphatic rings. The molecule has 0 fully saturated rings. The molecule has 0 aliphatic heterocycles. The average molecular weight is 238 g/mol. The van der Waals surface area contributed by atoms with Gasteiger partial charge in [0.2, 0.25) is 0 Å². The van der Waals surface area contributed by atoms with Crippen LogP contribution in [-0.4, -0.2) is 48.4 Å². The molecule has 16 heavy (non-hydrogen) atoms. The zero-order valence-corrected chi connectivity index (χ0v) is 8.83. The fourth-order valence-corrected chi connectivity index (χ4v) is 1.17. The minimum Gasteiger partial charge on any atom is -0.344 e. The molecule has 0 radical (unpaired) electrons. The molecule has 0 saturated heterocycles. The van der Waals surface area contributed by atoms with Crippen LogP contribution in [0.3, 0.4) is 0 Å². The Labute approximate surface area is 92.6 Å². The first-order chi connectivity index (χ1) is 7.10. The number of aliphatic hydroxyl groups is 6. The third kappa shape index (κ3) is 11.5. The number of ketones is 1. The van der Waals surface area contributed by atoms with E-state index in [1.165, 1.54) is 0 Å². The summed E-state index contributed by atoms with van der Waals surface area (Å²) in [5.74, 6) is -5.72. The molecule has 0 amide bonds. The molecular formula is C9H18O7. The van der Waals surface area contributed by atoms with Gasteiger partial charge in [0.15, 0.2) is 0 Å². The van der Waals surface area contributed by atoms with E-state index in [1.54, 1.807) is 0 Å². The zero-order valence-electron chi connectivity index (χ0n) is 8.83. The van der Waals surface area contributed by atoms with Crippen molar-refractivity contribution in [2.75, 3.05) is 0 Å². The Morgan fingerprint density at radius 1 is 0.750 bits per heavy atom. The van der Waals surface area contributed by atoms with Gasteiger partial charge in [-0.3, -0.25) is 4.79 Å². The number of Topliss-reactive ketones (excluding diaryl/α,β-unsaturated/α-hetero) is 1. The molecule has 0 heterocycles. The fraction of sp³-hybridized carbons (Fsp3) is 0.889. The van der Waals surface area contributed by atoms with E-state index in [0.717, 1.165) is 0 Å². The molecule has 0 atom stereocenters. The van der Waals surface area contributed by atoms with Crippen molar-refractivity contribution < 1.29 is 35.4 Å². The quantitative estimate of drug-likeness (QED) is 0.273. The van der Waals surface area contributed by atoms with Gasteiger partial charge in [-0.1, -0.05) is 0 Å². The number of hydrogen-bond acceptors (Lipinski definition) is 7. The van der Waals surface area contributed by atoms with Crippen molar-refractivity contribution >= 4 is 5.78 Å². The number of carbonyl (C=O) groups excluding carboxylic acids is 1. The summed E-state index contributed by atoms with van der Waals surface area (Å²) < 4.78 is 0. The highest BCUT2D eigenvalue weighted by Gasteiger charge is 2.19. The maximum Gasteiger partial charge on any atom is 0.275 e. The zero-order chi connectivity index (χ0) is 12.8. The highest BCUT2D eigenvalue weighted by Crippen LogP contribution is 2.11. The monoisotopic (exact) mass is 238 g/mol. The average Bonchev–Trinajstić information content (AvgIpc) is 1.98. The van der Waals surface area contributed by atoms with Gasteiger partial charge in [-0.05, 0) is 12.8 Å². The highest BCUT2D eigenvalue weighted by atomic mass is 16.7. The molecule has 0 bridgehead atoms. The molecule has 0 aromatic carbocycles. The van der Waals surface area contributed by atoms with Gasteiger partial charge < -0.3 is 30.6 Å². The smallest absolute Gasteiger partial charge is 0.275 e. The minimum atomic E-state index is -2.75. The summed E-state index contributed by atoms with van der Waals surface area (Å²) in [5.41, 5.74) is 0. The fourth-order valence-electron chi connectivity index (χ4n) is 1.17. The number of hydrogen-bond donors (Lipinski definition) is 6. The highest BCUT2D eigenvalue weighted by molar-refractivity contribution is 5.78. The van der Waals surface area contributed by atoms with Crippen molar-refractivity contribution in [1.82, 2.24) is 0 Å². The van der Waals surface area contributed by atoms with E-state index in [0.29, 0.717) is 0 Å². The van der Waals surface area contributed by atoms with Crippen LogP contribution in [0.2, 0.25) is 0 Å². The van der Waals surface area contributed by atoms with Gasteiger partial charge in [-0.15, -0.1) is 0 Å². The third-order valence-electron chi connectivity index (χ3n) is 1.94. The summed E-state index contributed by atoms with van der Waals surface area (Å²) >= 11 is 0. The number of carbonyl (C=O) groups is 1. The Bertz CT molecular complexity index is 191. The van der Waals surface area contributed by atoms with E-state index in [9.17, 15) is 4.79 Å². The molecule has 7 heteroatoms. The summed E-state index contributed by atoms with van der Waals surface area (Å²) in [7, 11) is 0. The molecule has 96 valence electrons. The van der Waals surface area contributed by atoms with Crippen molar-refractivity contribution in [1.29, 1.82) is 0 Å². The molecule has 0 aliphatic carbocycles. The van der Waals surface area contributed by atoms with Crippen molar-refractivity contribution in [3.63, 3.8) is 0 Å². The lowest BCUT2D eigenvalue weighted by Gasteiger charge is -2.14. The lowest BCUT2D eigenvalue weighted by molar-refractivity contribution is -0.315. The van der Waals surface area contributed by atoms with Crippen molar-refractivity contribution in [3.8, 4) is 0 Å². The van der Waals surface area contributed by atoms with Crippen LogP contribution in [0.25, 0.3) is 0 Å². The molecule has 7 nitrogen and oxygen atoms in total. The Kier molecular flexibility index (Phi) is 6.01. The lowest BCUT2D eigenvalue weighted by atomic mass is 10.1. The van der Waals surface area contributed by atoms with Crippen LogP contribution in [0, 0.1) is 0 Å². The van der Waals surface area contributed by atoms with Gasteiger partial charge >= 0.3 is 0 Å². The first kappa shape index (κ1) is 15.4. The number of rotatable bonds is 8. The Balaban J connectivity index is 3.53. The normalized spacial score (nSPS) is 12.9. The van der Waals surface area contributed by atoms with E-state index in [1.807, 2.05) is 0 Å². The predicted octanol–water partition coefficient (Wildman–Crippen LogP) is -1.84. The molecule has 6 N–H and O–H groups in total. The van der Waals surface area contributed by atoms with Crippen molar-refractivity contribution in [2.45, 2.75) is 50.5 Å². The standard InChI is InChI=1S/C9H18O7/c10-7(3-1-5-8(11,12)13)4-2-6-9(14,15)16/h11-16H,1-6H2. The van der Waals surface area contributed by atoms with Gasteiger partial charge in [0.1, 0.15) is 5.78 Å². The predicted molar refractivity (Wildman–Crippen MR) is 51.5 cm³/mol. The van der Waals surface area contributed by atoms with Gasteiger partial charge in [0, 0.05) is 25.7 Å². The van der Waals surface area contributed by atoms with Crippen LogP contribution < -0.4 is 0 Å². The van der Waals surface area contributed by atoms with Crippen LogP contribution in [-0.2, 0) is 4.79 Å². The van der Waals surface area contributed by atoms with E-state index >= 15 is 0 Å². The first-order valence-corrected chi connectivity index (χ1v) is 4.96. The van der Waals surface area contributed by atoms with Gasteiger partial charge in [-0.25, -0.2) is 0 Å². The van der Waals surface area contributed by atoms with E-state index in [4.69, 9.17) is 30.6 Å². The van der Waals surface area contributed by atoms with Gasteiger partial charge in [-0.2, -0.15) is 0 Å². The van der Waals surface area contributed by atoms with Crippen LogP contribution in [0.4, 0.5) is 0 Å². The molecule has 0 aromatic heterocycles. The Morgan fingerprint density at radius 2 is 1.06 bits per heavy atom. The Morgan fingerprint density at radius 3 is 1.31 bits per heavy atom. The molecular weight excluding hydrogens is 220 g/mol. The summed E-state index contributed by atoms with van der Waals surface area (Å²) in [4.78, 5) is 11.1. The third-order valence-corrected chi connectivity index (χ3v) is 1.94. The van der Waals surface area contributed by atoms with Crippen LogP contribution in [0.5, 0.6) is 0 Å². The maximum absolute atomic E-state index is 11.1. The molecule has 0 aromatic rings. The van der Waals surface area contributed by atoms with Crippen LogP contribution >= 0.6 is 0 Å². The van der Waals surface area contributed by atoms with Crippen LogP contribution in [0.15, 0.2) is 0 Å². The summed E-state index contributed by atoms with van der Waals surface area (Å²) in [5, 5.41) is 51.1. The van der Waals surface area contributed by atoms with Crippen molar-refractivity contribution in [2.24, 2.45) is 0 Å².